The first-order valence-corrected chi connectivity index (χ1v) is 7.99. The molecule has 0 radical (unpaired) electrons. The van der Waals surface area contributed by atoms with Crippen molar-refractivity contribution < 1.29 is 9.53 Å². The van der Waals surface area contributed by atoms with Crippen molar-refractivity contribution >= 4 is 38.9 Å². The highest BCUT2D eigenvalue weighted by molar-refractivity contribution is 7.13. The van der Waals surface area contributed by atoms with Crippen molar-refractivity contribution in [3.05, 3.63) is 53.5 Å². The first-order valence-electron chi connectivity index (χ1n) is 7.11. The summed E-state index contributed by atoms with van der Waals surface area (Å²) >= 11 is 1.48. The van der Waals surface area contributed by atoms with E-state index in [1.54, 1.807) is 6.92 Å². The molecule has 3 rings (SSSR count). The molecular weight excluding hydrogens is 296 g/mol. The third-order valence-corrected chi connectivity index (χ3v) is 4.02. The van der Waals surface area contributed by atoms with Crippen molar-refractivity contribution in [2.75, 3.05) is 11.9 Å². The van der Waals surface area contributed by atoms with Gasteiger partial charge in [0.25, 0.3) is 0 Å². The van der Waals surface area contributed by atoms with Gasteiger partial charge in [-0.05, 0) is 18.4 Å². The summed E-state index contributed by atoms with van der Waals surface area (Å²) in [6, 6.07) is 14.3. The third kappa shape index (κ3) is 3.26. The summed E-state index contributed by atoms with van der Waals surface area (Å²) in [6.45, 7) is 2.19. The summed E-state index contributed by atoms with van der Waals surface area (Å²) < 4.78 is 4.94. The average molecular weight is 312 g/mol. The van der Waals surface area contributed by atoms with Gasteiger partial charge in [0.05, 0.1) is 18.7 Å². The maximum Gasteiger partial charge on any atom is 0.311 e. The van der Waals surface area contributed by atoms with E-state index in [-0.39, 0.29) is 12.4 Å². The van der Waals surface area contributed by atoms with Crippen LogP contribution < -0.4 is 5.32 Å². The molecule has 0 atom stereocenters. The maximum absolute atomic E-state index is 11.5. The van der Waals surface area contributed by atoms with Crippen LogP contribution in [0.15, 0.2) is 47.8 Å². The second kappa shape index (κ2) is 6.58. The van der Waals surface area contributed by atoms with Crippen LogP contribution in [-0.2, 0) is 16.0 Å². The second-order valence-electron chi connectivity index (χ2n) is 4.78. The summed E-state index contributed by atoms with van der Waals surface area (Å²) in [5, 5.41) is 8.30. The molecule has 0 amide bonds. The van der Waals surface area contributed by atoms with Gasteiger partial charge in [-0.25, -0.2) is 4.98 Å². The zero-order valence-electron chi connectivity index (χ0n) is 12.2. The number of hydrogen-bond donors (Lipinski definition) is 1. The van der Waals surface area contributed by atoms with Gasteiger partial charge >= 0.3 is 5.97 Å². The highest BCUT2D eigenvalue weighted by Crippen LogP contribution is 2.27. The monoisotopic (exact) mass is 312 g/mol. The second-order valence-corrected chi connectivity index (χ2v) is 5.64. The van der Waals surface area contributed by atoms with Gasteiger partial charge in [-0.3, -0.25) is 4.79 Å². The average Bonchev–Trinajstić information content (AvgIpc) is 2.95. The molecule has 5 heteroatoms. The van der Waals surface area contributed by atoms with Gasteiger partial charge in [0.2, 0.25) is 0 Å². The molecule has 0 saturated heterocycles. The van der Waals surface area contributed by atoms with E-state index in [0.29, 0.717) is 6.61 Å². The number of hydrogen-bond acceptors (Lipinski definition) is 5. The summed E-state index contributed by atoms with van der Waals surface area (Å²) in [5.74, 6) is -0.246. The molecule has 22 heavy (non-hydrogen) atoms. The van der Waals surface area contributed by atoms with Gasteiger partial charge in [-0.1, -0.05) is 36.4 Å². The fourth-order valence-corrected chi connectivity index (χ4v) is 2.98. The van der Waals surface area contributed by atoms with Crippen molar-refractivity contribution in [1.82, 2.24) is 4.98 Å². The molecule has 0 aliphatic rings. The van der Waals surface area contributed by atoms with E-state index in [9.17, 15) is 4.79 Å². The Labute approximate surface area is 132 Å². The van der Waals surface area contributed by atoms with E-state index < -0.39 is 0 Å². The third-order valence-electron chi connectivity index (χ3n) is 3.21. The smallest absolute Gasteiger partial charge is 0.311 e. The lowest BCUT2D eigenvalue weighted by molar-refractivity contribution is -0.142. The van der Waals surface area contributed by atoms with E-state index in [2.05, 4.69) is 28.5 Å². The molecule has 2 aromatic carbocycles. The fourth-order valence-electron chi connectivity index (χ4n) is 2.26. The predicted molar refractivity (Wildman–Crippen MR) is 89.7 cm³/mol. The standard InChI is InChI=1S/C17H16N2O2S/c1-2-21-16(20)10-13-11-22-17(18-13)19-15-9-5-7-12-6-3-4-8-14(12)15/h3-9,11H,2,10H2,1H3,(H,18,19). The lowest BCUT2D eigenvalue weighted by Crippen LogP contribution is -2.07. The Morgan fingerprint density at radius 2 is 2.05 bits per heavy atom. The van der Waals surface area contributed by atoms with E-state index >= 15 is 0 Å². The first kappa shape index (κ1) is 14.5. The van der Waals surface area contributed by atoms with Gasteiger partial charge in [-0.15, -0.1) is 11.3 Å². The number of benzene rings is 2. The lowest BCUT2D eigenvalue weighted by atomic mass is 10.1. The van der Waals surface area contributed by atoms with E-state index in [1.807, 2.05) is 29.6 Å². The Morgan fingerprint density at radius 1 is 1.23 bits per heavy atom. The van der Waals surface area contributed by atoms with Crippen molar-refractivity contribution in [3.8, 4) is 0 Å². The quantitative estimate of drug-likeness (QED) is 0.719. The number of nitrogens with one attached hydrogen (secondary N) is 1. The van der Waals surface area contributed by atoms with Crippen LogP contribution in [0.5, 0.6) is 0 Å². The molecule has 0 aliphatic carbocycles. The summed E-state index contributed by atoms with van der Waals surface area (Å²) in [6.07, 6.45) is 0.210. The topological polar surface area (TPSA) is 51.2 Å². The minimum absolute atomic E-state index is 0.210. The first-order chi connectivity index (χ1) is 10.8. The molecule has 0 aliphatic heterocycles. The van der Waals surface area contributed by atoms with Crippen LogP contribution in [0.3, 0.4) is 0 Å². The Morgan fingerprint density at radius 3 is 2.91 bits per heavy atom. The number of nitrogens with zero attached hydrogens (tertiary/aromatic N) is 1. The van der Waals surface area contributed by atoms with E-state index in [1.165, 1.54) is 16.7 Å². The SMILES string of the molecule is CCOC(=O)Cc1csc(Nc2cccc3ccccc23)n1. The zero-order valence-corrected chi connectivity index (χ0v) is 13.0. The minimum Gasteiger partial charge on any atom is -0.466 e. The number of thiazole rings is 1. The Balaban J connectivity index is 1.78. The van der Waals surface area contributed by atoms with Gasteiger partial charge in [0.1, 0.15) is 0 Å². The number of carbonyl (C=O) groups is 1. The Hall–Kier alpha value is -2.40. The van der Waals surface area contributed by atoms with Crippen molar-refractivity contribution in [2.24, 2.45) is 0 Å². The summed E-state index contributed by atoms with van der Waals surface area (Å²) in [7, 11) is 0. The highest BCUT2D eigenvalue weighted by Gasteiger charge is 2.09. The molecule has 112 valence electrons. The molecule has 0 fully saturated rings. The van der Waals surface area contributed by atoms with Crippen LogP contribution >= 0.6 is 11.3 Å². The minimum atomic E-state index is -0.246. The molecule has 0 saturated carbocycles. The van der Waals surface area contributed by atoms with Gasteiger partial charge in [0.15, 0.2) is 5.13 Å². The van der Waals surface area contributed by atoms with Crippen molar-refractivity contribution in [3.63, 3.8) is 0 Å². The van der Waals surface area contributed by atoms with Crippen LogP contribution in [0.1, 0.15) is 12.6 Å². The predicted octanol–water partition coefficient (Wildman–Crippen LogP) is 4.15. The van der Waals surface area contributed by atoms with Gasteiger partial charge in [0, 0.05) is 16.5 Å². The highest BCUT2D eigenvalue weighted by atomic mass is 32.1. The number of fused-ring (bicyclic) bond motifs is 1. The molecule has 1 N–H and O–H groups in total. The molecule has 0 unspecified atom stereocenters. The largest absolute Gasteiger partial charge is 0.466 e. The Kier molecular flexibility index (Phi) is 4.34. The normalized spacial score (nSPS) is 10.6. The van der Waals surface area contributed by atoms with Gasteiger partial charge in [-0.2, -0.15) is 0 Å². The van der Waals surface area contributed by atoms with Crippen LogP contribution in [-0.4, -0.2) is 17.6 Å². The number of carbonyl (C=O) groups excluding carboxylic acids is 1. The molecule has 0 spiro atoms. The fraction of sp³-hybridized carbons (Fsp3) is 0.176. The van der Waals surface area contributed by atoms with Crippen LogP contribution in [0.2, 0.25) is 0 Å². The van der Waals surface area contributed by atoms with Crippen LogP contribution in [0.4, 0.5) is 10.8 Å². The number of ether oxygens (including phenoxy) is 1. The molecule has 4 nitrogen and oxygen atoms in total. The van der Waals surface area contributed by atoms with Crippen LogP contribution in [0.25, 0.3) is 10.8 Å². The number of anilines is 2. The number of rotatable bonds is 5. The molecule has 0 bridgehead atoms. The van der Waals surface area contributed by atoms with E-state index in [0.717, 1.165) is 21.9 Å². The van der Waals surface area contributed by atoms with E-state index in [4.69, 9.17) is 4.74 Å². The zero-order chi connectivity index (χ0) is 15.4. The molecule has 1 heterocycles. The summed E-state index contributed by atoms with van der Waals surface area (Å²) in [5.41, 5.74) is 1.74. The molecule has 3 aromatic rings. The lowest BCUT2D eigenvalue weighted by Gasteiger charge is -2.06. The molecular formula is C17H16N2O2S. The summed E-state index contributed by atoms with van der Waals surface area (Å²) in [4.78, 5) is 15.9. The molecule has 1 aromatic heterocycles. The maximum atomic E-state index is 11.5. The van der Waals surface area contributed by atoms with Gasteiger partial charge < -0.3 is 10.1 Å². The van der Waals surface area contributed by atoms with Crippen LogP contribution in [0, 0.1) is 0 Å². The van der Waals surface area contributed by atoms with Crippen molar-refractivity contribution in [1.29, 1.82) is 0 Å². The number of esters is 1. The Bertz CT molecular complexity index is 793. The van der Waals surface area contributed by atoms with Crippen molar-refractivity contribution in [2.45, 2.75) is 13.3 Å². The number of aromatic nitrogens is 1.